The molecule has 0 saturated heterocycles. The van der Waals surface area contributed by atoms with Crippen molar-refractivity contribution >= 4 is 29.3 Å². The molecule has 1 aromatic carbocycles. The van der Waals surface area contributed by atoms with Crippen molar-refractivity contribution in [2.24, 2.45) is 5.92 Å². The first kappa shape index (κ1) is 21.4. The number of aliphatic hydroxyl groups is 1. The molecule has 2 aromatic rings. The second kappa shape index (κ2) is 9.93. The summed E-state index contributed by atoms with van der Waals surface area (Å²) >= 11 is 1.29. The van der Waals surface area contributed by atoms with Crippen LogP contribution in [0.2, 0.25) is 0 Å². The van der Waals surface area contributed by atoms with Crippen LogP contribution < -0.4 is 10.2 Å². The van der Waals surface area contributed by atoms with Crippen molar-refractivity contribution in [1.29, 1.82) is 0 Å². The zero-order valence-corrected chi connectivity index (χ0v) is 17.7. The predicted octanol–water partition coefficient (Wildman–Crippen LogP) is 2.22. The third-order valence-corrected chi connectivity index (χ3v) is 5.90. The second-order valence-electron chi connectivity index (χ2n) is 7.52. The monoisotopic (exact) mass is 416 g/mol. The molecule has 0 aliphatic carbocycles. The lowest BCUT2D eigenvalue weighted by molar-refractivity contribution is -0.121. The molecule has 0 atom stereocenters. The molecular formula is C21H28N4O3S. The minimum absolute atomic E-state index is 0.0152. The normalized spacial score (nSPS) is 13.0. The number of carbonyl (C=O) groups is 2. The highest BCUT2D eigenvalue weighted by Crippen LogP contribution is 2.29. The molecule has 0 fully saturated rings. The second-order valence-corrected chi connectivity index (χ2v) is 8.46. The van der Waals surface area contributed by atoms with Crippen molar-refractivity contribution in [1.82, 2.24) is 14.9 Å². The molecule has 0 unspecified atom stereocenters. The molecule has 3 rings (SSSR count). The number of hydrogen-bond donors (Lipinski definition) is 2. The number of fused-ring (bicyclic) bond motifs is 1. The van der Waals surface area contributed by atoms with Gasteiger partial charge in [0.2, 0.25) is 11.8 Å². The summed E-state index contributed by atoms with van der Waals surface area (Å²) in [4.78, 5) is 31.1. The van der Waals surface area contributed by atoms with Crippen LogP contribution in [0, 0.1) is 5.92 Å². The number of amides is 2. The van der Waals surface area contributed by atoms with Gasteiger partial charge in [-0.05, 0) is 30.4 Å². The van der Waals surface area contributed by atoms with Crippen LogP contribution in [0.5, 0.6) is 0 Å². The number of hydrogen-bond acceptors (Lipinski definition) is 5. The number of para-hydroxylation sites is 1. The Hall–Kier alpha value is -2.32. The van der Waals surface area contributed by atoms with Crippen LogP contribution in [-0.4, -0.2) is 45.3 Å². The van der Waals surface area contributed by atoms with Crippen molar-refractivity contribution in [2.45, 2.75) is 45.0 Å². The molecule has 0 radical (unpaired) electrons. The van der Waals surface area contributed by atoms with Gasteiger partial charge in [-0.2, -0.15) is 0 Å². The van der Waals surface area contributed by atoms with Gasteiger partial charge in [-0.3, -0.25) is 9.59 Å². The summed E-state index contributed by atoms with van der Waals surface area (Å²) < 4.78 is 1.68. The first-order chi connectivity index (χ1) is 14.0. The van der Waals surface area contributed by atoms with Gasteiger partial charge in [0, 0.05) is 18.8 Å². The number of carbonyl (C=O) groups excluding carboxylic acids is 2. The number of benzene rings is 1. The standard InChI is InChI=1S/C21H28N4O3S/c1-15(2)7-9-22-19(27)12-25-17(13-26)11-23-21(25)29-14-20(28)24-10-8-16-5-3-4-6-18(16)24/h3-6,11,15,26H,7-10,12-14H2,1-2H3,(H,22,27). The van der Waals surface area contributed by atoms with Crippen molar-refractivity contribution < 1.29 is 14.7 Å². The Morgan fingerprint density at radius 3 is 2.86 bits per heavy atom. The zero-order chi connectivity index (χ0) is 20.8. The average molecular weight is 417 g/mol. The fraction of sp³-hybridized carbons (Fsp3) is 0.476. The van der Waals surface area contributed by atoms with Crippen LogP contribution in [0.15, 0.2) is 35.6 Å². The van der Waals surface area contributed by atoms with E-state index in [0.29, 0.717) is 29.9 Å². The molecule has 2 amide bonds. The lowest BCUT2D eigenvalue weighted by Crippen LogP contribution is -2.31. The quantitative estimate of drug-likeness (QED) is 0.612. The molecule has 1 aliphatic heterocycles. The van der Waals surface area contributed by atoms with Gasteiger partial charge < -0.3 is 19.9 Å². The molecule has 2 N–H and O–H groups in total. The fourth-order valence-corrected chi connectivity index (χ4v) is 4.18. The SMILES string of the molecule is CC(C)CCNC(=O)Cn1c(CO)cnc1SCC(=O)N1CCc2ccccc21. The van der Waals surface area contributed by atoms with Crippen LogP contribution in [0.25, 0.3) is 0 Å². The maximum absolute atomic E-state index is 12.7. The predicted molar refractivity (Wildman–Crippen MR) is 114 cm³/mol. The lowest BCUT2D eigenvalue weighted by Gasteiger charge is -2.17. The Morgan fingerprint density at radius 2 is 2.10 bits per heavy atom. The molecule has 2 heterocycles. The summed E-state index contributed by atoms with van der Waals surface area (Å²) in [5.41, 5.74) is 2.72. The van der Waals surface area contributed by atoms with E-state index in [0.717, 1.165) is 18.5 Å². The largest absolute Gasteiger partial charge is 0.390 e. The summed E-state index contributed by atoms with van der Waals surface area (Å²) in [6.45, 7) is 5.40. The average Bonchev–Trinajstić information content (AvgIpc) is 3.29. The number of aromatic nitrogens is 2. The number of nitrogens with one attached hydrogen (secondary N) is 1. The highest BCUT2D eigenvalue weighted by atomic mass is 32.2. The van der Waals surface area contributed by atoms with E-state index in [2.05, 4.69) is 24.1 Å². The first-order valence-electron chi connectivity index (χ1n) is 9.92. The van der Waals surface area contributed by atoms with E-state index in [1.54, 1.807) is 15.7 Å². The molecule has 8 heteroatoms. The minimum Gasteiger partial charge on any atom is -0.390 e. The van der Waals surface area contributed by atoms with Gasteiger partial charge in [0.1, 0.15) is 6.54 Å². The van der Waals surface area contributed by atoms with E-state index in [9.17, 15) is 14.7 Å². The van der Waals surface area contributed by atoms with Crippen LogP contribution in [0.3, 0.4) is 0 Å². The maximum atomic E-state index is 12.7. The Morgan fingerprint density at radius 1 is 1.31 bits per heavy atom. The summed E-state index contributed by atoms with van der Waals surface area (Å²) in [7, 11) is 0. The van der Waals surface area contributed by atoms with Crippen molar-refractivity contribution in [3.63, 3.8) is 0 Å². The van der Waals surface area contributed by atoms with E-state index in [4.69, 9.17) is 0 Å². The Balaban J connectivity index is 1.60. The number of anilines is 1. The third kappa shape index (κ3) is 5.39. The van der Waals surface area contributed by atoms with Gasteiger partial charge >= 0.3 is 0 Å². The maximum Gasteiger partial charge on any atom is 0.240 e. The van der Waals surface area contributed by atoms with Gasteiger partial charge in [-0.25, -0.2) is 4.98 Å². The van der Waals surface area contributed by atoms with Crippen molar-refractivity contribution in [3.05, 3.63) is 41.7 Å². The number of imidazole rings is 1. The van der Waals surface area contributed by atoms with E-state index in [-0.39, 0.29) is 30.7 Å². The van der Waals surface area contributed by atoms with Crippen LogP contribution in [0.1, 0.15) is 31.5 Å². The molecule has 0 bridgehead atoms. The lowest BCUT2D eigenvalue weighted by atomic mass is 10.1. The summed E-state index contributed by atoms with van der Waals surface area (Å²) in [6.07, 6.45) is 3.34. The number of aliphatic hydroxyl groups excluding tert-OH is 1. The molecule has 1 aromatic heterocycles. The first-order valence-corrected chi connectivity index (χ1v) is 10.9. The summed E-state index contributed by atoms with van der Waals surface area (Å²) in [5, 5.41) is 13.0. The summed E-state index contributed by atoms with van der Waals surface area (Å²) in [5.74, 6) is 0.636. The number of rotatable bonds is 9. The Bertz CT molecular complexity index is 865. The molecule has 0 saturated carbocycles. The number of nitrogens with zero attached hydrogens (tertiary/aromatic N) is 3. The molecule has 1 aliphatic rings. The summed E-state index contributed by atoms with van der Waals surface area (Å²) in [6, 6.07) is 7.95. The van der Waals surface area contributed by atoms with Crippen LogP contribution >= 0.6 is 11.8 Å². The van der Waals surface area contributed by atoms with Crippen LogP contribution in [-0.2, 0) is 29.2 Å². The third-order valence-electron chi connectivity index (χ3n) is 4.92. The topological polar surface area (TPSA) is 87.5 Å². The molecule has 29 heavy (non-hydrogen) atoms. The molecular weight excluding hydrogens is 388 g/mol. The zero-order valence-electron chi connectivity index (χ0n) is 16.9. The Labute approximate surface area is 175 Å². The van der Waals surface area contributed by atoms with E-state index in [1.165, 1.54) is 17.3 Å². The van der Waals surface area contributed by atoms with Crippen LogP contribution in [0.4, 0.5) is 5.69 Å². The fourth-order valence-electron chi connectivity index (χ4n) is 3.30. The van der Waals surface area contributed by atoms with Gasteiger partial charge in [-0.1, -0.05) is 43.8 Å². The van der Waals surface area contributed by atoms with E-state index in [1.807, 2.05) is 24.3 Å². The molecule has 0 spiro atoms. The molecule has 7 nitrogen and oxygen atoms in total. The smallest absolute Gasteiger partial charge is 0.240 e. The Kier molecular flexibility index (Phi) is 7.33. The molecule has 156 valence electrons. The van der Waals surface area contributed by atoms with E-state index >= 15 is 0 Å². The highest BCUT2D eigenvalue weighted by molar-refractivity contribution is 7.99. The minimum atomic E-state index is -0.208. The van der Waals surface area contributed by atoms with Gasteiger partial charge in [0.25, 0.3) is 0 Å². The highest BCUT2D eigenvalue weighted by Gasteiger charge is 2.24. The number of thioether (sulfide) groups is 1. The van der Waals surface area contributed by atoms with Crippen molar-refractivity contribution in [2.75, 3.05) is 23.7 Å². The van der Waals surface area contributed by atoms with Gasteiger partial charge in [0.05, 0.1) is 24.3 Å². The van der Waals surface area contributed by atoms with Gasteiger partial charge in [0.15, 0.2) is 5.16 Å². The van der Waals surface area contributed by atoms with Crippen molar-refractivity contribution in [3.8, 4) is 0 Å². The van der Waals surface area contributed by atoms with E-state index < -0.39 is 0 Å². The van der Waals surface area contributed by atoms with Gasteiger partial charge in [-0.15, -0.1) is 0 Å².